The molecule has 232 valence electrons. The van der Waals surface area contributed by atoms with Gasteiger partial charge in [-0.05, 0) is 80.8 Å². The van der Waals surface area contributed by atoms with Crippen molar-refractivity contribution in [3.63, 3.8) is 0 Å². The van der Waals surface area contributed by atoms with E-state index in [1.54, 1.807) is 57.2 Å². The van der Waals surface area contributed by atoms with E-state index in [9.17, 15) is 28.2 Å². The van der Waals surface area contributed by atoms with Crippen LogP contribution in [0.25, 0.3) is 0 Å². The van der Waals surface area contributed by atoms with E-state index in [2.05, 4.69) is 10.6 Å². The van der Waals surface area contributed by atoms with E-state index in [4.69, 9.17) is 21.1 Å². The van der Waals surface area contributed by atoms with Gasteiger partial charge in [-0.25, -0.2) is 13.2 Å². The first-order valence-electron chi connectivity index (χ1n) is 13.6. The number of anilines is 1. The highest BCUT2D eigenvalue weighted by molar-refractivity contribution is 7.91. The Labute approximate surface area is 256 Å². The number of sulfone groups is 1. The molecule has 3 aromatic carbocycles. The number of hydrogen-bond acceptors (Lipinski definition) is 9. The van der Waals surface area contributed by atoms with E-state index < -0.39 is 39.5 Å². The number of carbonyl (C=O) groups excluding carboxylic acids is 1. The molecular weight excluding hydrogens is 596 g/mol. The molecule has 3 rings (SSSR count). The predicted molar refractivity (Wildman–Crippen MR) is 163 cm³/mol. The summed E-state index contributed by atoms with van der Waals surface area (Å²) in [7, 11) is -2.48. The van der Waals surface area contributed by atoms with Crippen molar-refractivity contribution in [1.29, 1.82) is 0 Å². The molecule has 0 fully saturated rings. The first kappa shape index (κ1) is 34.0. The molecule has 0 saturated heterocycles. The molecule has 4 N–H and O–H groups in total. The Balaban J connectivity index is 1.73. The van der Waals surface area contributed by atoms with Crippen LogP contribution in [0.5, 0.6) is 0 Å². The number of rotatable bonds is 14. The Kier molecular flexibility index (Phi) is 11.7. The van der Waals surface area contributed by atoms with Crippen LogP contribution in [-0.2, 0) is 30.5 Å². The van der Waals surface area contributed by atoms with Gasteiger partial charge in [-0.2, -0.15) is 0 Å². The minimum atomic E-state index is -4.00. The maximum Gasteiger partial charge on any atom is 0.337 e. The number of aliphatic hydroxyl groups is 1. The van der Waals surface area contributed by atoms with Crippen molar-refractivity contribution in [3.8, 4) is 0 Å². The first-order valence-corrected chi connectivity index (χ1v) is 15.4. The first-order chi connectivity index (χ1) is 20.2. The van der Waals surface area contributed by atoms with E-state index in [1.807, 2.05) is 0 Å². The minimum absolute atomic E-state index is 0.00338. The summed E-state index contributed by atoms with van der Waals surface area (Å²) in [4.78, 5) is 24.6. The average molecular weight is 633 g/mol. The number of esters is 1. The van der Waals surface area contributed by atoms with Crippen LogP contribution in [-0.4, -0.2) is 69.0 Å². The number of hydrogen-bond donors (Lipinski definition) is 4. The molecule has 0 bridgehead atoms. The summed E-state index contributed by atoms with van der Waals surface area (Å²) in [6.07, 6.45) is -0.814. The summed E-state index contributed by atoms with van der Waals surface area (Å²) < 4.78 is 37.0. The molecule has 0 saturated carbocycles. The standard InChI is InChI=1S/C31H37ClN2O8S/c1-31(2,3)42-30(38)27(28(35)21-6-5-7-22(32)18-21)34-15-14-20-8-10-23(11-9-20)43(39,40)24-12-13-26(33-16-17-41-4)25(19-24)29(36)37/h5-13,18-19,27-28,33-35H,14-17H2,1-4H3,(H,36,37)/t27?,28-/m1/s1. The number of benzene rings is 3. The maximum absolute atomic E-state index is 13.3. The van der Waals surface area contributed by atoms with Crippen LogP contribution in [0.4, 0.5) is 5.69 Å². The van der Waals surface area contributed by atoms with E-state index >= 15 is 0 Å². The van der Waals surface area contributed by atoms with Crippen molar-refractivity contribution in [3.05, 3.63) is 88.4 Å². The second-order valence-electron chi connectivity index (χ2n) is 10.8. The van der Waals surface area contributed by atoms with Crippen LogP contribution in [0.2, 0.25) is 5.02 Å². The topological polar surface area (TPSA) is 151 Å². The van der Waals surface area contributed by atoms with Crippen LogP contribution in [0.15, 0.2) is 76.5 Å². The average Bonchev–Trinajstić information content (AvgIpc) is 2.94. The van der Waals surface area contributed by atoms with Crippen molar-refractivity contribution in [2.24, 2.45) is 0 Å². The Morgan fingerprint density at radius 2 is 1.65 bits per heavy atom. The normalized spacial score (nSPS) is 13.3. The van der Waals surface area contributed by atoms with Gasteiger partial charge in [0.2, 0.25) is 9.84 Å². The molecule has 0 amide bonds. The summed E-state index contributed by atoms with van der Waals surface area (Å²) in [5.74, 6) is -1.88. The number of aliphatic hydroxyl groups excluding tert-OH is 1. The van der Waals surface area contributed by atoms with Gasteiger partial charge in [0, 0.05) is 30.9 Å². The molecule has 0 radical (unpaired) electrons. The number of carboxylic acid groups (broad SMARTS) is 1. The molecule has 10 nitrogen and oxygen atoms in total. The second kappa shape index (κ2) is 14.8. The quantitative estimate of drug-likeness (QED) is 0.148. The molecule has 0 heterocycles. The number of halogens is 1. The lowest BCUT2D eigenvalue weighted by Gasteiger charge is -2.27. The fourth-order valence-corrected chi connectivity index (χ4v) is 5.71. The van der Waals surface area contributed by atoms with Gasteiger partial charge < -0.3 is 30.3 Å². The molecule has 0 spiro atoms. The van der Waals surface area contributed by atoms with E-state index in [1.165, 1.54) is 31.4 Å². The Morgan fingerprint density at radius 1 is 0.977 bits per heavy atom. The lowest BCUT2D eigenvalue weighted by Crippen LogP contribution is -2.46. The molecule has 12 heteroatoms. The molecule has 0 aliphatic rings. The minimum Gasteiger partial charge on any atom is -0.478 e. The fourth-order valence-electron chi connectivity index (χ4n) is 4.22. The number of carboxylic acids is 1. The van der Waals surface area contributed by atoms with Gasteiger partial charge in [-0.15, -0.1) is 0 Å². The van der Waals surface area contributed by atoms with Crippen LogP contribution in [0, 0.1) is 0 Å². The van der Waals surface area contributed by atoms with Crippen molar-refractivity contribution in [2.75, 3.05) is 32.1 Å². The van der Waals surface area contributed by atoms with Crippen LogP contribution in [0.1, 0.15) is 48.4 Å². The summed E-state index contributed by atoms with van der Waals surface area (Å²) in [5.41, 5.74) is 0.583. The molecule has 3 aromatic rings. The molecule has 0 aliphatic carbocycles. The van der Waals surface area contributed by atoms with E-state index in [-0.39, 0.29) is 27.6 Å². The fraction of sp³-hybridized carbons (Fsp3) is 0.355. The summed E-state index contributed by atoms with van der Waals surface area (Å²) in [6.45, 7) is 6.19. The highest BCUT2D eigenvalue weighted by Crippen LogP contribution is 2.27. The van der Waals surface area contributed by atoms with Crippen LogP contribution in [0.3, 0.4) is 0 Å². The zero-order valence-electron chi connectivity index (χ0n) is 24.5. The van der Waals surface area contributed by atoms with Gasteiger partial charge in [-0.1, -0.05) is 35.9 Å². The zero-order chi connectivity index (χ0) is 31.8. The maximum atomic E-state index is 13.3. The second-order valence-corrected chi connectivity index (χ2v) is 13.2. The Morgan fingerprint density at radius 3 is 2.26 bits per heavy atom. The number of carbonyl (C=O) groups is 2. The van der Waals surface area contributed by atoms with Gasteiger partial charge in [0.25, 0.3) is 0 Å². The monoisotopic (exact) mass is 632 g/mol. The molecular formula is C31H37ClN2O8S. The third kappa shape index (κ3) is 9.50. The van der Waals surface area contributed by atoms with Gasteiger partial charge in [-0.3, -0.25) is 4.79 Å². The highest BCUT2D eigenvalue weighted by Gasteiger charge is 2.32. The van der Waals surface area contributed by atoms with E-state index in [0.29, 0.717) is 30.2 Å². The van der Waals surface area contributed by atoms with Crippen molar-refractivity contribution < 1.29 is 37.7 Å². The molecule has 0 aliphatic heterocycles. The van der Waals surface area contributed by atoms with Gasteiger partial charge in [0.1, 0.15) is 17.7 Å². The number of aromatic carboxylic acids is 1. The summed E-state index contributed by atoms with van der Waals surface area (Å²) in [6, 6.07) is 15.6. The number of methoxy groups -OCH3 is 1. The Hall–Kier alpha value is -3.48. The van der Waals surface area contributed by atoms with Gasteiger partial charge in [0.15, 0.2) is 0 Å². The zero-order valence-corrected chi connectivity index (χ0v) is 26.0. The van der Waals surface area contributed by atoms with E-state index in [0.717, 1.165) is 11.6 Å². The summed E-state index contributed by atoms with van der Waals surface area (Å²) in [5, 5.41) is 27.0. The molecule has 1 unspecified atom stereocenters. The smallest absolute Gasteiger partial charge is 0.337 e. The Bertz CT molecular complexity index is 1520. The van der Waals surface area contributed by atoms with Crippen molar-refractivity contribution >= 4 is 39.1 Å². The van der Waals surface area contributed by atoms with Crippen LogP contribution >= 0.6 is 11.6 Å². The van der Waals surface area contributed by atoms with Crippen molar-refractivity contribution in [2.45, 2.75) is 54.7 Å². The third-order valence-electron chi connectivity index (χ3n) is 6.33. The highest BCUT2D eigenvalue weighted by atomic mass is 35.5. The molecule has 2 atom stereocenters. The number of nitrogens with one attached hydrogen (secondary N) is 2. The van der Waals surface area contributed by atoms with Gasteiger partial charge in [0.05, 0.1) is 22.0 Å². The summed E-state index contributed by atoms with van der Waals surface area (Å²) >= 11 is 6.08. The van der Waals surface area contributed by atoms with Gasteiger partial charge >= 0.3 is 11.9 Å². The van der Waals surface area contributed by atoms with Crippen LogP contribution < -0.4 is 10.6 Å². The lowest BCUT2D eigenvalue weighted by atomic mass is 10.0. The number of ether oxygens (including phenoxy) is 2. The largest absolute Gasteiger partial charge is 0.478 e. The lowest BCUT2D eigenvalue weighted by molar-refractivity contribution is -0.160. The molecule has 43 heavy (non-hydrogen) atoms. The SMILES string of the molecule is COCCNc1ccc(S(=O)(=O)c2ccc(CCNC(C(=O)OC(C)(C)C)[C@H](O)c3cccc(Cl)c3)cc2)cc1C(=O)O. The van der Waals surface area contributed by atoms with Crippen molar-refractivity contribution in [1.82, 2.24) is 5.32 Å². The predicted octanol–water partition coefficient (Wildman–Crippen LogP) is 4.51. The molecule has 0 aromatic heterocycles. The third-order valence-corrected chi connectivity index (χ3v) is 8.33.